The number of halogens is 2. The molecule has 4 rings (SSSR count). The number of benzene rings is 1. The summed E-state index contributed by atoms with van der Waals surface area (Å²) in [6, 6.07) is 5.89. The van der Waals surface area contributed by atoms with Gasteiger partial charge in [0.05, 0.1) is 23.1 Å². The second-order valence-corrected chi connectivity index (χ2v) is 8.48. The highest BCUT2D eigenvalue weighted by molar-refractivity contribution is 9.12. The fourth-order valence-electron chi connectivity index (χ4n) is 4.36. The number of fused-ring (bicyclic) bond motifs is 5. The van der Waals surface area contributed by atoms with Gasteiger partial charge in [-0.2, -0.15) is 0 Å². The van der Waals surface area contributed by atoms with E-state index in [1.165, 1.54) is 29.2 Å². The summed E-state index contributed by atoms with van der Waals surface area (Å²) in [6.45, 7) is 0. The van der Waals surface area contributed by atoms with Gasteiger partial charge in [-0.3, -0.25) is 14.5 Å². The normalized spacial score (nSPS) is 38.3. The lowest BCUT2D eigenvalue weighted by Gasteiger charge is -2.28. The van der Waals surface area contributed by atoms with Crippen molar-refractivity contribution in [1.82, 2.24) is 0 Å². The van der Waals surface area contributed by atoms with E-state index in [9.17, 15) is 14.4 Å². The summed E-state index contributed by atoms with van der Waals surface area (Å²) in [5, 5.41) is 8.95. The number of carboxylic acid groups (broad SMARTS) is 1. The van der Waals surface area contributed by atoms with Crippen molar-refractivity contribution in [2.75, 3.05) is 4.90 Å². The molecule has 1 saturated heterocycles. The molecule has 1 aliphatic heterocycles. The first-order valence-corrected chi connectivity index (χ1v) is 9.24. The Balaban J connectivity index is 1.68. The van der Waals surface area contributed by atoms with Gasteiger partial charge >= 0.3 is 5.97 Å². The van der Waals surface area contributed by atoms with Crippen molar-refractivity contribution in [3.05, 3.63) is 29.8 Å². The molecule has 0 aromatic heterocycles. The molecule has 3 fully saturated rings. The first kappa shape index (κ1) is 15.3. The molecule has 3 aliphatic rings. The van der Waals surface area contributed by atoms with Crippen molar-refractivity contribution in [1.29, 1.82) is 0 Å². The van der Waals surface area contributed by atoms with Crippen LogP contribution in [0.5, 0.6) is 0 Å². The molecule has 7 heteroatoms. The number of nitrogens with zero attached hydrogens (tertiary/aromatic N) is 1. The first-order chi connectivity index (χ1) is 10.9. The number of carboxylic acids is 1. The fraction of sp³-hybridized carbons (Fsp3) is 0.438. The molecule has 2 bridgehead atoms. The Kier molecular flexibility index (Phi) is 3.43. The van der Waals surface area contributed by atoms with Crippen molar-refractivity contribution in [3.8, 4) is 0 Å². The average molecular weight is 443 g/mol. The Morgan fingerprint density at radius 3 is 1.91 bits per heavy atom. The number of carbonyl (C=O) groups excluding carboxylic acids is 2. The summed E-state index contributed by atoms with van der Waals surface area (Å²) >= 11 is 7.30. The minimum atomic E-state index is -1.03. The number of alkyl halides is 2. The van der Waals surface area contributed by atoms with Crippen LogP contribution in [0.3, 0.4) is 0 Å². The maximum atomic E-state index is 12.8. The molecule has 6 atom stereocenters. The summed E-state index contributed by atoms with van der Waals surface area (Å²) < 4.78 is 0. The number of rotatable bonds is 2. The summed E-state index contributed by atoms with van der Waals surface area (Å²) in [5.41, 5.74) is 0.588. The standard InChI is InChI=1S/C16H13Br2NO4/c17-12-8-5-9(13(12)18)11-10(8)14(20)19(15(11)21)7-3-1-6(2-4-7)16(22)23/h1-4,8-13H,5H2,(H,22,23). The quantitative estimate of drug-likeness (QED) is 0.564. The van der Waals surface area contributed by atoms with Gasteiger partial charge in [-0.05, 0) is 42.5 Å². The monoisotopic (exact) mass is 441 g/mol. The van der Waals surface area contributed by atoms with Crippen molar-refractivity contribution < 1.29 is 19.5 Å². The number of aromatic carboxylic acids is 1. The van der Waals surface area contributed by atoms with Crippen LogP contribution < -0.4 is 4.90 Å². The number of anilines is 1. The fourth-order valence-corrected chi connectivity index (χ4v) is 6.23. The molecule has 120 valence electrons. The third kappa shape index (κ3) is 1.99. The molecular weight excluding hydrogens is 430 g/mol. The Hall–Kier alpha value is -1.21. The molecular formula is C16H13Br2NO4. The minimum Gasteiger partial charge on any atom is -0.478 e. The highest BCUT2D eigenvalue weighted by Crippen LogP contribution is 2.60. The second-order valence-electron chi connectivity index (χ2n) is 6.37. The molecule has 23 heavy (non-hydrogen) atoms. The Morgan fingerprint density at radius 2 is 1.48 bits per heavy atom. The predicted molar refractivity (Wildman–Crippen MR) is 89.9 cm³/mol. The maximum absolute atomic E-state index is 12.8. The third-order valence-electron chi connectivity index (χ3n) is 5.36. The SMILES string of the molecule is O=C(O)c1ccc(N2C(=O)C3C4CC(C(Br)C4Br)C3C2=O)cc1. The van der Waals surface area contributed by atoms with E-state index < -0.39 is 5.97 Å². The third-order valence-corrected chi connectivity index (χ3v) is 8.57. The second kappa shape index (κ2) is 5.14. The zero-order valence-corrected chi connectivity index (χ0v) is 15.0. The van der Waals surface area contributed by atoms with E-state index in [-0.39, 0.29) is 50.7 Å². The van der Waals surface area contributed by atoms with Crippen LogP contribution in [0.15, 0.2) is 24.3 Å². The molecule has 2 amide bonds. The van der Waals surface area contributed by atoms with Crippen LogP contribution in [0.2, 0.25) is 0 Å². The summed E-state index contributed by atoms with van der Waals surface area (Å²) in [6.07, 6.45) is 0.893. The van der Waals surface area contributed by atoms with Crippen LogP contribution in [0.25, 0.3) is 0 Å². The Morgan fingerprint density at radius 1 is 1.00 bits per heavy atom. The van der Waals surface area contributed by atoms with Crippen LogP contribution in [0, 0.1) is 23.7 Å². The van der Waals surface area contributed by atoms with Crippen LogP contribution in [0.4, 0.5) is 5.69 Å². The molecule has 2 aliphatic carbocycles. The molecule has 5 nitrogen and oxygen atoms in total. The summed E-state index contributed by atoms with van der Waals surface area (Å²) in [5.74, 6) is -1.51. The van der Waals surface area contributed by atoms with Gasteiger partial charge in [-0.1, -0.05) is 31.9 Å². The van der Waals surface area contributed by atoms with Crippen LogP contribution in [-0.2, 0) is 9.59 Å². The van der Waals surface area contributed by atoms with E-state index in [1.807, 2.05) is 0 Å². The number of hydrogen-bond donors (Lipinski definition) is 1. The molecule has 6 unspecified atom stereocenters. The van der Waals surface area contributed by atoms with E-state index in [1.54, 1.807) is 0 Å². The molecule has 1 N–H and O–H groups in total. The smallest absolute Gasteiger partial charge is 0.335 e. The Bertz CT molecular complexity index is 687. The van der Waals surface area contributed by atoms with Gasteiger partial charge in [0.2, 0.25) is 11.8 Å². The first-order valence-electron chi connectivity index (χ1n) is 7.41. The average Bonchev–Trinajstić information content (AvgIpc) is 3.12. The van der Waals surface area contributed by atoms with Crippen molar-refractivity contribution >= 4 is 55.3 Å². The van der Waals surface area contributed by atoms with Gasteiger partial charge in [0.1, 0.15) is 0 Å². The number of hydrogen-bond acceptors (Lipinski definition) is 3. The van der Waals surface area contributed by atoms with Crippen molar-refractivity contribution in [2.24, 2.45) is 23.7 Å². The topological polar surface area (TPSA) is 74.7 Å². The lowest BCUT2D eigenvalue weighted by molar-refractivity contribution is -0.123. The molecule has 0 spiro atoms. The van der Waals surface area contributed by atoms with Gasteiger partial charge in [-0.15, -0.1) is 0 Å². The van der Waals surface area contributed by atoms with E-state index in [0.29, 0.717) is 5.69 Å². The molecule has 2 saturated carbocycles. The highest BCUT2D eigenvalue weighted by Gasteiger charge is 2.66. The predicted octanol–water partition coefficient (Wildman–Crippen LogP) is 2.67. The zero-order valence-electron chi connectivity index (χ0n) is 11.9. The lowest BCUT2D eigenvalue weighted by Crippen LogP contribution is -2.37. The van der Waals surface area contributed by atoms with Gasteiger partial charge < -0.3 is 5.11 Å². The van der Waals surface area contributed by atoms with Gasteiger partial charge in [0.15, 0.2) is 0 Å². The van der Waals surface area contributed by atoms with Crippen LogP contribution in [0.1, 0.15) is 16.8 Å². The number of amides is 2. The van der Waals surface area contributed by atoms with E-state index in [2.05, 4.69) is 31.9 Å². The van der Waals surface area contributed by atoms with Crippen molar-refractivity contribution in [3.63, 3.8) is 0 Å². The lowest BCUT2D eigenvalue weighted by atomic mass is 9.81. The van der Waals surface area contributed by atoms with E-state index in [0.717, 1.165) is 6.42 Å². The van der Waals surface area contributed by atoms with Crippen LogP contribution in [-0.4, -0.2) is 32.5 Å². The molecule has 0 radical (unpaired) electrons. The van der Waals surface area contributed by atoms with E-state index in [4.69, 9.17) is 5.11 Å². The number of imide groups is 1. The maximum Gasteiger partial charge on any atom is 0.335 e. The largest absolute Gasteiger partial charge is 0.478 e. The van der Waals surface area contributed by atoms with Crippen LogP contribution >= 0.6 is 31.9 Å². The minimum absolute atomic E-state index is 0.133. The van der Waals surface area contributed by atoms with E-state index >= 15 is 0 Å². The van der Waals surface area contributed by atoms with Gasteiger partial charge in [0, 0.05) is 9.65 Å². The van der Waals surface area contributed by atoms with Gasteiger partial charge in [-0.25, -0.2) is 4.79 Å². The summed E-state index contributed by atoms with van der Waals surface area (Å²) in [7, 11) is 0. The number of carbonyl (C=O) groups is 3. The highest BCUT2D eigenvalue weighted by atomic mass is 79.9. The summed E-state index contributed by atoms with van der Waals surface area (Å²) in [4.78, 5) is 38.2. The Labute approximate surface area is 149 Å². The molecule has 1 heterocycles. The van der Waals surface area contributed by atoms with Gasteiger partial charge in [0.25, 0.3) is 0 Å². The zero-order chi connectivity index (χ0) is 16.5. The van der Waals surface area contributed by atoms with Crippen molar-refractivity contribution in [2.45, 2.75) is 16.1 Å². The molecule has 1 aromatic rings. The molecule has 1 aromatic carbocycles.